The first-order valence-corrected chi connectivity index (χ1v) is 24.0. The Hall–Kier alpha value is -2.39. The number of hydrogen-bond acceptors (Lipinski definition) is 5. The van der Waals surface area contributed by atoms with Crippen LogP contribution in [0.3, 0.4) is 0 Å². The fraction of sp³-hybridized carbons (Fsp3) is 0.455. The second-order valence-electron chi connectivity index (χ2n) is 19.1. The average Bonchev–Trinajstić information content (AvgIpc) is 2.99. The maximum absolute atomic E-state index is 13.2. The first-order valence-electron chi connectivity index (χ1n) is 18.5. The van der Waals surface area contributed by atoms with E-state index in [2.05, 4.69) is 132 Å². The molecule has 2 aliphatic heterocycles. The van der Waals surface area contributed by atoms with Crippen molar-refractivity contribution in [3.05, 3.63) is 115 Å². The zero-order valence-electron chi connectivity index (χ0n) is 33.6. The standard InChI is InChI=1S/C44H53Cl3O5P2/c1-41(2,3)33-17-25-13-27-19-34(42(4,5)6)20-28-15-29-21-35(43(7,8)9)22-30(39(29)51-53(45)50-38(27)28)16-32-24-36(44(10,11)12)23-31(14-26(18-33)37(25)48)40(32)52-54(46,47)49/h17-24,48H,13-16H2,1-12H3. The van der Waals surface area contributed by atoms with Gasteiger partial charge in [-0.3, -0.25) is 0 Å². The van der Waals surface area contributed by atoms with Crippen LogP contribution in [0.2, 0.25) is 0 Å². The predicted octanol–water partition coefficient (Wildman–Crippen LogP) is 14.5. The van der Waals surface area contributed by atoms with Gasteiger partial charge in [0.15, 0.2) is 0 Å². The summed E-state index contributed by atoms with van der Waals surface area (Å²) in [5.41, 5.74) is 10.3. The van der Waals surface area contributed by atoms with Gasteiger partial charge in [0.1, 0.15) is 23.0 Å². The Bertz CT molecular complexity index is 2180. The number of phenols is 1. The van der Waals surface area contributed by atoms with Crippen LogP contribution in [0.25, 0.3) is 0 Å². The highest BCUT2D eigenvalue weighted by Crippen LogP contribution is 2.59. The van der Waals surface area contributed by atoms with Gasteiger partial charge in [-0.05, 0) is 99.7 Å². The molecule has 1 aliphatic carbocycles. The number of aromatic hydroxyl groups is 1. The van der Waals surface area contributed by atoms with E-state index in [1.54, 1.807) is 0 Å². The quantitative estimate of drug-likeness (QED) is 0.180. The van der Waals surface area contributed by atoms with Crippen molar-refractivity contribution in [2.75, 3.05) is 0 Å². The lowest BCUT2D eigenvalue weighted by Gasteiger charge is -2.30. The van der Waals surface area contributed by atoms with E-state index in [4.69, 9.17) is 47.3 Å². The van der Waals surface area contributed by atoms with Crippen molar-refractivity contribution < 1.29 is 23.2 Å². The van der Waals surface area contributed by atoms with Crippen molar-refractivity contribution in [1.29, 1.82) is 0 Å². The molecule has 1 atom stereocenters. The van der Waals surface area contributed by atoms with Crippen molar-refractivity contribution in [3.63, 3.8) is 0 Å². The minimum atomic E-state index is -4.09. The van der Waals surface area contributed by atoms with Crippen LogP contribution >= 0.6 is 47.5 Å². The van der Waals surface area contributed by atoms with Crippen LogP contribution in [0.5, 0.6) is 23.0 Å². The van der Waals surface area contributed by atoms with Gasteiger partial charge in [-0.25, -0.2) is 4.57 Å². The molecule has 0 saturated carbocycles. The number of fused-ring (bicyclic) bond motifs is 2. The molecule has 0 aromatic heterocycles. The molecule has 1 N–H and O–H groups in total. The van der Waals surface area contributed by atoms with Gasteiger partial charge in [0.2, 0.25) is 0 Å². The van der Waals surface area contributed by atoms with Crippen molar-refractivity contribution in [3.8, 4) is 23.0 Å². The lowest BCUT2D eigenvalue weighted by atomic mass is 9.79. The average molecular weight is 830 g/mol. The molecule has 2 heterocycles. The molecule has 4 aromatic rings. The second-order valence-corrected chi connectivity index (χ2v) is 24.9. The fourth-order valence-electron chi connectivity index (χ4n) is 7.25. The molecule has 0 saturated heterocycles. The summed E-state index contributed by atoms with van der Waals surface area (Å²) in [6, 6.07) is 17.1. The number of halogens is 3. The summed E-state index contributed by atoms with van der Waals surface area (Å²) < 4.78 is 32.5. The Kier molecular flexibility index (Phi) is 10.9. The fourth-order valence-corrected chi connectivity index (χ4v) is 9.32. The highest BCUT2D eigenvalue weighted by atomic mass is 35.9. The zero-order valence-corrected chi connectivity index (χ0v) is 37.6. The number of phenolic OH excluding ortho intramolecular Hbond substituents is 1. The molecular formula is C44H53Cl3O5P2. The topological polar surface area (TPSA) is 65.0 Å². The lowest BCUT2D eigenvalue weighted by molar-refractivity contribution is 0.460. The van der Waals surface area contributed by atoms with Crippen molar-refractivity contribution >= 4 is 47.5 Å². The van der Waals surface area contributed by atoms with E-state index in [0.717, 1.165) is 55.6 Å². The molecule has 10 heteroatoms. The monoisotopic (exact) mass is 828 g/mol. The van der Waals surface area contributed by atoms with E-state index in [-0.39, 0.29) is 33.8 Å². The van der Waals surface area contributed by atoms with Gasteiger partial charge in [0, 0.05) is 48.2 Å². The molecule has 290 valence electrons. The van der Waals surface area contributed by atoms with E-state index in [1.165, 1.54) is 5.56 Å². The molecule has 3 aliphatic rings. The van der Waals surface area contributed by atoms with Crippen LogP contribution in [-0.4, -0.2) is 5.11 Å². The first-order chi connectivity index (χ1) is 24.7. The molecule has 54 heavy (non-hydrogen) atoms. The molecule has 10 bridgehead atoms. The number of benzene rings is 4. The summed E-state index contributed by atoms with van der Waals surface area (Å²) in [7, 11) is -1.96. The minimum absolute atomic E-state index is 0.162. The molecule has 0 fully saturated rings. The molecule has 0 amide bonds. The van der Waals surface area contributed by atoms with Crippen molar-refractivity contribution in [2.24, 2.45) is 0 Å². The third-order valence-corrected chi connectivity index (χ3v) is 12.4. The van der Waals surface area contributed by atoms with E-state index >= 15 is 0 Å². The van der Waals surface area contributed by atoms with Gasteiger partial charge < -0.3 is 18.7 Å². The van der Waals surface area contributed by atoms with E-state index in [1.807, 2.05) is 0 Å². The van der Waals surface area contributed by atoms with Gasteiger partial charge in [0.25, 0.3) is 0 Å². The van der Waals surface area contributed by atoms with Crippen molar-refractivity contribution in [2.45, 2.75) is 130 Å². The molecule has 5 nitrogen and oxygen atoms in total. The van der Waals surface area contributed by atoms with Gasteiger partial charge in [-0.1, -0.05) is 132 Å². The molecular weight excluding hydrogens is 777 g/mol. The SMILES string of the molecule is CC(C)(C)c1cc2c(O)c(c1)Cc1cc(C(C)(C)C)cc(c1OP(=O)(Cl)Cl)Cc1cc(C(C)(C)C)cc3c1OP(Cl)Oc1c(cc(C(C)(C)C)cc1C3)C2. The summed E-state index contributed by atoms with van der Waals surface area (Å²) in [6.07, 6.45) is -2.54. The number of hydrogen-bond donors (Lipinski definition) is 1. The number of rotatable bonds is 2. The summed E-state index contributed by atoms with van der Waals surface area (Å²) in [5.74, 6) is 1.87. The Balaban J connectivity index is 1.79. The third kappa shape index (κ3) is 8.92. The van der Waals surface area contributed by atoms with Crippen LogP contribution in [0.1, 0.15) is 150 Å². The van der Waals surface area contributed by atoms with Crippen LogP contribution in [0.4, 0.5) is 0 Å². The Morgan fingerprint density at radius 2 is 0.796 bits per heavy atom. The molecule has 4 aromatic carbocycles. The van der Waals surface area contributed by atoms with E-state index < -0.39 is 13.8 Å². The molecule has 1 unspecified atom stereocenters. The normalized spacial score (nSPS) is 16.4. The van der Waals surface area contributed by atoms with Crippen LogP contribution in [-0.2, 0) is 51.9 Å². The Labute approximate surface area is 337 Å². The smallest absolute Gasteiger partial charge is 0.428 e. The summed E-state index contributed by atoms with van der Waals surface area (Å²) in [6.45, 7) is 26.2. The summed E-state index contributed by atoms with van der Waals surface area (Å²) in [4.78, 5) is 0. The molecule has 7 rings (SSSR count). The maximum Gasteiger partial charge on any atom is 0.428 e. The van der Waals surface area contributed by atoms with Gasteiger partial charge >= 0.3 is 13.8 Å². The van der Waals surface area contributed by atoms with Crippen LogP contribution in [0.15, 0.2) is 48.5 Å². The van der Waals surface area contributed by atoms with Crippen molar-refractivity contribution in [1.82, 2.24) is 0 Å². The Morgan fingerprint density at radius 3 is 1.11 bits per heavy atom. The summed E-state index contributed by atoms with van der Waals surface area (Å²) in [5, 5.41) is 12.3. The Morgan fingerprint density at radius 1 is 0.537 bits per heavy atom. The second kappa shape index (κ2) is 14.2. The predicted molar refractivity (Wildman–Crippen MR) is 227 cm³/mol. The largest absolute Gasteiger partial charge is 0.507 e. The van der Waals surface area contributed by atoms with Gasteiger partial charge in [-0.2, -0.15) is 0 Å². The first kappa shape index (κ1) is 41.2. The minimum Gasteiger partial charge on any atom is -0.507 e. The van der Waals surface area contributed by atoms with E-state index in [9.17, 15) is 9.67 Å². The van der Waals surface area contributed by atoms with Gasteiger partial charge in [0.05, 0.1) is 0 Å². The third-order valence-electron chi connectivity index (χ3n) is 10.5. The van der Waals surface area contributed by atoms with E-state index in [0.29, 0.717) is 42.1 Å². The molecule has 0 radical (unpaired) electrons. The van der Waals surface area contributed by atoms with Crippen LogP contribution in [0, 0.1) is 0 Å². The van der Waals surface area contributed by atoms with Crippen LogP contribution < -0.4 is 13.6 Å². The summed E-state index contributed by atoms with van der Waals surface area (Å²) >= 11 is 19.6. The highest BCUT2D eigenvalue weighted by molar-refractivity contribution is 8.05. The molecule has 0 spiro atoms. The lowest BCUT2D eigenvalue weighted by Crippen LogP contribution is -2.17. The zero-order chi connectivity index (χ0) is 39.9. The van der Waals surface area contributed by atoms with Gasteiger partial charge in [-0.15, -0.1) is 0 Å². The maximum atomic E-state index is 13.2. The highest BCUT2D eigenvalue weighted by Gasteiger charge is 2.33.